The van der Waals surface area contributed by atoms with Gasteiger partial charge in [0.25, 0.3) is 0 Å². The second-order valence-corrected chi connectivity index (χ2v) is 5.59. The van der Waals surface area contributed by atoms with Gasteiger partial charge in [-0.05, 0) is 54.8 Å². The zero-order valence-corrected chi connectivity index (χ0v) is 12.7. The third-order valence-electron chi connectivity index (χ3n) is 3.81. The number of nitrogens with two attached hydrogens (primary N) is 1. The van der Waals surface area contributed by atoms with Gasteiger partial charge in [0.1, 0.15) is 11.6 Å². The molecule has 0 radical (unpaired) electrons. The van der Waals surface area contributed by atoms with Crippen molar-refractivity contribution in [2.75, 3.05) is 5.43 Å². The molecule has 22 heavy (non-hydrogen) atoms. The van der Waals surface area contributed by atoms with Gasteiger partial charge < -0.3 is 5.43 Å². The average molecular weight is 295 g/mol. The Labute approximate surface area is 129 Å². The minimum absolute atomic E-state index is 0.233. The molecule has 3 aromatic rings. The van der Waals surface area contributed by atoms with E-state index in [1.165, 1.54) is 23.3 Å². The first-order chi connectivity index (χ1) is 10.6. The molecule has 0 bridgehead atoms. The molecule has 0 atom stereocenters. The zero-order valence-electron chi connectivity index (χ0n) is 12.7. The van der Waals surface area contributed by atoms with Crippen LogP contribution in [0.3, 0.4) is 0 Å². The summed E-state index contributed by atoms with van der Waals surface area (Å²) in [5, 5.41) is 1.11. The first-order valence-electron chi connectivity index (χ1n) is 7.19. The van der Waals surface area contributed by atoms with E-state index in [-0.39, 0.29) is 5.82 Å². The fourth-order valence-corrected chi connectivity index (χ4v) is 2.75. The standard InChI is InChI=1S/C18H18FN3/c1-11-7-12(2)16-10-14(18(22-20)21-17(16)8-11)9-13-3-5-15(19)6-4-13/h3-8,10H,9,20H2,1-2H3,(H,21,22). The molecule has 0 spiro atoms. The normalized spacial score (nSPS) is 10.9. The van der Waals surface area contributed by atoms with Crippen LogP contribution in [0.2, 0.25) is 0 Å². The Morgan fingerprint density at radius 3 is 2.50 bits per heavy atom. The predicted molar refractivity (Wildman–Crippen MR) is 88.2 cm³/mol. The van der Waals surface area contributed by atoms with E-state index in [0.717, 1.165) is 22.0 Å². The van der Waals surface area contributed by atoms with E-state index in [4.69, 9.17) is 5.84 Å². The number of aryl methyl sites for hydroxylation is 2. The van der Waals surface area contributed by atoms with Crippen molar-refractivity contribution < 1.29 is 4.39 Å². The smallest absolute Gasteiger partial charge is 0.144 e. The number of rotatable bonds is 3. The highest BCUT2D eigenvalue weighted by atomic mass is 19.1. The van der Waals surface area contributed by atoms with Crippen molar-refractivity contribution in [3.63, 3.8) is 0 Å². The van der Waals surface area contributed by atoms with Crippen LogP contribution in [0, 0.1) is 19.7 Å². The molecule has 0 unspecified atom stereocenters. The quantitative estimate of drug-likeness (QED) is 0.569. The third kappa shape index (κ3) is 2.78. The number of fused-ring (bicyclic) bond motifs is 1. The van der Waals surface area contributed by atoms with Gasteiger partial charge >= 0.3 is 0 Å². The van der Waals surface area contributed by atoms with Crippen LogP contribution in [-0.2, 0) is 6.42 Å². The highest BCUT2D eigenvalue weighted by Gasteiger charge is 2.09. The molecule has 3 rings (SSSR count). The summed E-state index contributed by atoms with van der Waals surface area (Å²) in [6.07, 6.45) is 0.649. The maximum Gasteiger partial charge on any atom is 0.144 e. The molecule has 2 aromatic carbocycles. The number of pyridine rings is 1. The Hall–Kier alpha value is -2.46. The first kappa shape index (κ1) is 14.5. The molecule has 0 saturated carbocycles. The van der Waals surface area contributed by atoms with E-state index >= 15 is 0 Å². The van der Waals surface area contributed by atoms with Crippen LogP contribution < -0.4 is 11.3 Å². The van der Waals surface area contributed by atoms with Gasteiger partial charge in [-0.15, -0.1) is 0 Å². The summed E-state index contributed by atoms with van der Waals surface area (Å²) in [6, 6.07) is 12.8. The van der Waals surface area contributed by atoms with Gasteiger partial charge in [0.2, 0.25) is 0 Å². The Morgan fingerprint density at radius 1 is 1.09 bits per heavy atom. The Kier molecular flexibility index (Phi) is 3.77. The predicted octanol–water partition coefficient (Wildman–Crippen LogP) is 3.87. The molecule has 1 aromatic heterocycles. The van der Waals surface area contributed by atoms with Crippen molar-refractivity contribution in [1.29, 1.82) is 0 Å². The van der Waals surface area contributed by atoms with Crippen LogP contribution in [0.1, 0.15) is 22.3 Å². The number of hydrogen-bond donors (Lipinski definition) is 2. The van der Waals surface area contributed by atoms with E-state index < -0.39 is 0 Å². The van der Waals surface area contributed by atoms with Crippen molar-refractivity contribution in [2.24, 2.45) is 5.84 Å². The van der Waals surface area contributed by atoms with Crippen molar-refractivity contribution in [3.05, 3.63) is 70.5 Å². The number of nitrogens with zero attached hydrogens (tertiary/aromatic N) is 1. The second kappa shape index (κ2) is 5.73. The highest BCUT2D eigenvalue weighted by Crippen LogP contribution is 2.26. The van der Waals surface area contributed by atoms with Gasteiger partial charge in [-0.3, -0.25) is 0 Å². The van der Waals surface area contributed by atoms with E-state index in [0.29, 0.717) is 12.2 Å². The van der Waals surface area contributed by atoms with E-state index in [1.54, 1.807) is 12.1 Å². The van der Waals surface area contributed by atoms with Crippen LogP contribution in [0.4, 0.5) is 10.2 Å². The average Bonchev–Trinajstić information content (AvgIpc) is 2.49. The zero-order chi connectivity index (χ0) is 15.7. The molecule has 4 heteroatoms. The summed E-state index contributed by atoms with van der Waals surface area (Å²) in [6.45, 7) is 4.13. The summed E-state index contributed by atoms with van der Waals surface area (Å²) in [5.74, 6) is 6.04. The van der Waals surface area contributed by atoms with Crippen LogP contribution in [0.15, 0.2) is 42.5 Å². The summed E-state index contributed by atoms with van der Waals surface area (Å²) in [7, 11) is 0. The van der Waals surface area contributed by atoms with E-state index in [9.17, 15) is 4.39 Å². The molecule has 0 amide bonds. The SMILES string of the molecule is Cc1cc(C)c2cc(Cc3ccc(F)cc3)c(NN)nc2c1. The van der Waals surface area contributed by atoms with Crippen molar-refractivity contribution in [1.82, 2.24) is 4.98 Å². The van der Waals surface area contributed by atoms with Crippen LogP contribution in [0.5, 0.6) is 0 Å². The maximum atomic E-state index is 13.0. The minimum Gasteiger partial charge on any atom is -0.308 e. The van der Waals surface area contributed by atoms with Crippen LogP contribution in [-0.4, -0.2) is 4.98 Å². The van der Waals surface area contributed by atoms with Gasteiger partial charge in [0, 0.05) is 17.4 Å². The van der Waals surface area contributed by atoms with Gasteiger partial charge in [-0.1, -0.05) is 18.2 Å². The third-order valence-corrected chi connectivity index (χ3v) is 3.81. The van der Waals surface area contributed by atoms with E-state index in [1.807, 2.05) is 6.07 Å². The summed E-state index contributed by atoms with van der Waals surface area (Å²) >= 11 is 0. The van der Waals surface area contributed by atoms with E-state index in [2.05, 4.69) is 36.4 Å². The minimum atomic E-state index is -0.233. The van der Waals surface area contributed by atoms with Gasteiger partial charge in [-0.2, -0.15) is 0 Å². The largest absolute Gasteiger partial charge is 0.308 e. The van der Waals surface area contributed by atoms with Crippen molar-refractivity contribution >= 4 is 16.7 Å². The lowest BCUT2D eigenvalue weighted by Gasteiger charge is -2.12. The molecular weight excluding hydrogens is 277 g/mol. The Morgan fingerprint density at radius 2 is 1.82 bits per heavy atom. The number of hydrazine groups is 1. The molecule has 0 fully saturated rings. The Balaban J connectivity index is 2.09. The number of nitrogens with one attached hydrogen (secondary N) is 1. The van der Waals surface area contributed by atoms with Crippen LogP contribution >= 0.6 is 0 Å². The fourth-order valence-electron chi connectivity index (χ4n) is 2.75. The lowest BCUT2D eigenvalue weighted by atomic mass is 10.0. The highest BCUT2D eigenvalue weighted by molar-refractivity contribution is 5.85. The Bertz CT molecular complexity index is 826. The molecule has 3 nitrogen and oxygen atoms in total. The number of aromatic nitrogens is 1. The van der Waals surface area contributed by atoms with Crippen molar-refractivity contribution in [2.45, 2.75) is 20.3 Å². The number of hydrogen-bond acceptors (Lipinski definition) is 3. The molecule has 0 aliphatic rings. The van der Waals surface area contributed by atoms with Crippen LogP contribution in [0.25, 0.3) is 10.9 Å². The summed E-state index contributed by atoms with van der Waals surface area (Å²) in [5.41, 5.74) is 7.97. The number of benzene rings is 2. The topological polar surface area (TPSA) is 50.9 Å². The van der Waals surface area contributed by atoms with Gasteiger partial charge in [0.15, 0.2) is 0 Å². The second-order valence-electron chi connectivity index (χ2n) is 5.59. The number of nitrogen functional groups attached to an aromatic ring is 1. The van der Waals surface area contributed by atoms with Crippen molar-refractivity contribution in [3.8, 4) is 0 Å². The maximum absolute atomic E-state index is 13.0. The monoisotopic (exact) mass is 295 g/mol. The molecule has 112 valence electrons. The molecule has 1 heterocycles. The molecule has 0 aliphatic heterocycles. The first-order valence-corrected chi connectivity index (χ1v) is 7.19. The van der Waals surface area contributed by atoms with Gasteiger partial charge in [0.05, 0.1) is 5.52 Å². The molecule has 3 N–H and O–H groups in total. The summed E-state index contributed by atoms with van der Waals surface area (Å²) in [4.78, 5) is 4.62. The van der Waals surface area contributed by atoms with Gasteiger partial charge in [-0.25, -0.2) is 15.2 Å². The lowest BCUT2D eigenvalue weighted by molar-refractivity contribution is 0.627. The number of anilines is 1. The lowest BCUT2D eigenvalue weighted by Crippen LogP contribution is -2.11. The molecule has 0 aliphatic carbocycles. The summed E-state index contributed by atoms with van der Waals surface area (Å²) < 4.78 is 13.0. The molecular formula is C18H18FN3. The number of halogens is 1. The fraction of sp³-hybridized carbons (Fsp3) is 0.167. The molecule has 0 saturated heterocycles.